The van der Waals surface area contributed by atoms with Crippen LogP contribution < -0.4 is 0 Å². The number of aliphatic carboxylic acids is 1. The first-order chi connectivity index (χ1) is 4.90. The largest absolute Gasteiger partial charge is 0.480 e. The number of hydrogen-bond acceptors (Lipinski definition) is 4. The predicted molar refractivity (Wildman–Crippen MR) is 40.4 cm³/mol. The molecule has 62 valence electrons. The van der Waals surface area contributed by atoms with E-state index in [9.17, 15) is 14.4 Å². The lowest BCUT2D eigenvalue weighted by atomic mass is 10.2. The van der Waals surface area contributed by atoms with E-state index in [4.69, 9.17) is 5.11 Å². The summed E-state index contributed by atoms with van der Waals surface area (Å²) in [6.07, 6.45) is 0.107. The van der Waals surface area contributed by atoms with Crippen LogP contribution in [-0.4, -0.2) is 27.2 Å². The van der Waals surface area contributed by atoms with Gasteiger partial charge in [0.15, 0.2) is 6.29 Å². The van der Waals surface area contributed by atoms with E-state index in [2.05, 4.69) is 0 Å². The van der Waals surface area contributed by atoms with Crippen molar-refractivity contribution in [2.75, 3.05) is 0 Å². The zero-order chi connectivity index (χ0) is 9.07. The van der Waals surface area contributed by atoms with Gasteiger partial charge in [0, 0.05) is 0 Å². The van der Waals surface area contributed by atoms with Crippen molar-refractivity contribution in [3.05, 3.63) is 0 Å². The van der Waals surface area contributed by atoms with Gasteiger partial charge in [-0.3, -0.25) is 14.4 Å². The Morgan fingerprint density at radius 1 is 1.45 bits per heavy atom. The van der Waals surface area contributed by atoms with E-state index in [1.54, 1.807) is 0 Å². The number of carboxylic acid groups (broad SMARTS) is 1. The van der Waals surface area contributed by atoms with Crippen LogP contribution in [0.15, 0.2) is 0 Å². The van der Waals surface area contributed by atoms with E-state index >= 15 is 0 Å². The molecular weight excluding hydrogens is 168 g/mol. The minimum Gasteiger partial charge on any atom is -0.480 e. The molecule has 0 saturated carbocycles. The molecule has 5 heteroatoms. The Labute approximate surface area is 68.0 Å². The first-order valence-electron chi connectivity index (χ1n) is 2.81. The summed E-state index contributed by atoms with van der Waals surface area (Å²) in [5.74, 6) is -1.11. The third-order valence-corrected chi connectivity index (χ3v) is 1.95. The first-order valence-corrected chi connectivity index (χ1v) is 3.63. The number of carbonyl (C=O) groups excluding carboxylic acids is 2. The highest BCUT2D eigenvalue weighted by Crippen LogP contribution is 2.24. The van der Waals surface area contributed by atoms with E-state index in [1.165, 1.54) is 13.8 Å². The van der Waals surface area contributed by atoms with E-state index in [0.29, 0.717) is 11.8 Å². The molecule has 0 aromatic carbocycles. The Morgan fingerprint density at radius 2 is 1.91 bits per heavy atom. The van der Waals surface area contributed by atoms with Crippen LogP contribution in [0, 0.1) is 0 Å². The standard InChI is InChI=1S/C6H8O4S/c1-6(2,5(9)10)11-4(8)3-7/h3H,1-2H3,(H,9,10). The summed E-state index contributed by atoms with van der Waals surface area (Å²) in [6, 6.07) is 0. The summed E-state index contributed by atoms with van der Waals surface area (Å²) in [7, 11) is 0. The molecule has 1 N–H and O–H groups in total. The van der Waals surface area contributed by atoms with E-state index in [0.717, 1.165) is 0 Å². The van der Waals surface area contributed by atoms with Crippen molar-refractivity contribution < 1.29 is 19.5 Å². The molecule has 0 saturated heterocycles. The first kappa shape index (κ1) is 10.2. The number of thioether (sulfide) groups is 1. The zero-order valence-corrected chi connectivity index (χ0v) is 6.97. The van der Waals surface area contributed by atoms with Crippen molar-refractivity contribution >= 4 is 29.1 Å². The van der Waals surface area contributed by atoms with Gasteiger partial charge in [-0.15, -0.1) is 0 Å². The number of carbonyl (C=O) groups is 3. The maximum atomic E-state index is 10.5. The minimum absolute atomic E-state index is 0.107. The number of rotatable bonds is 3. The van der Waals surface area contributed by atoms with Crippen LogP contribution in [0.25, 0.3) is 0 Å². The lowest BCUT2D eigenvalue weighted by molar-refractivity contribution is -0.139. The van der Waals surface area contributed by atoms with Gasteiger partial charge in [0.05, 0.1) is 0 Å². The van der Waals surface area contributed by atoms with Gasteiger partial charge in [0.2, 0.25) is 0 Å². The molecule has 0 fully saturated rings. The van der Waals surface area contributed by atoms with Gasteiger partial charge in [0.25, 0.3) is 5.12 Å². The SMILES string of the molecule is CC(C)(SC(=O)C=O)C(=O)O. The maximum absolute atomic E-state index is 10.5. The van der Waals surface area contributed by atoms with Crippen LogP contribution in [0.4, 0.5) is 0 Å². The molecule has 0 aliphatic carbocycles. The Hall–Kier alpha value is -0.840. The smallest absolute Gasteiger partial charge is 0.319 e. The average Bonchev–Trinajstić information content (AvgIpc) is 1.86. The Balaban J connectivity index is 4.23. The van der Waals surface area contributed by atoms with E-state index in [-0.39, 0.29) is 6.29 Å². The second-order valence-electron chi connectivity index (χ2n) is 2.35. The van der Waals surface area contributed by atoms with Crippen LogP contribution >= 0.6 is 11.8 Å². The van der Waals surface area contributed by atoms with Crippen LogP contribution in [0.1, 0.15) is 13.8 Å². The van der Waals surface area contributed by atoms with Gasteiger partial charge in [-0.25, -0.2) is 0 Å². The number of aldehydes is 1. The molecule has 0 amide bonds. The molecule has 0 heterocycles. The minimum atomic E-state index is -1.22. The van der Waals surface area contributed by atoms with Crippen molar-refractivity contribution in [2.45, 2.75) is 18.6 Å². The second-order valence-corrected chi connectivity index (χ2v) is 3.98. The van der Waals surface area contributed by atoms with Gasteiger partial charge >= 0.3 is 5.97 Å². The second kappa shape index (κ2) is 3.52. The van der Waals surface area contributed by atoms with Crippen LogP contribution in [0.3, 0.4) is 0 Å². The zero-order valence-electron chi connectivity index (χ0n) is 6.16. The molecule has 0 radical (unpaired) electrons. The molecule has 0 aromatic heterocycles. The summed E-state index contributed by atoms with van der Waals surface area (Å²) in [5, 5.41) is 7.73. The summed E-state index contributed by atoms with van der Waals surface area (Å²) in [5.41, 5.74) is 0. The van der Waals surface area contributed by atoms with Crippen molar-refractivity contribution in [1.82, 2.24) is 0 Å². The number of hydrogen-bond donors (Lipinski definition) is 1. The molecule has 0 bridgehead atoms. The number of carboxylic acids is 1. The molecule has 4 nitrogen and oxygen atoms in total. The normalized spacial score (nSPS) is 10.7. The maximum Gasteiger partial charge on any atom is 0.319 e. The van der Waals surface area contributed by atoms with Gasteiger partial charge < -0.3 is 5.11 Å². The molecule has 0 aliphatic heterocycles. The van der Waals surface area contributed by atoms with Crippen LogP contribution in [0.2, 0.25) is 0 Å². The highest BCUT2D eigenvalue weighted by Gasteiger charge is 2.30. The van der Waals surface area contributed by atoms with Crippen molar-refractivity contribution in [2.24, 2.45) is 0 Å². The highest BCUT2D eigenvalue weighted by molar-refractivity contribution is 8.16. The summed E-state index contributed by atoms with van der Waals surface area (Å²) < 4.78 is -1.22. The molecule has 0 aliphatic rings. The van der Waals surface area contributed by atoms with Crippen LogP contribution in [-0.2, 0) is 14.4 Å². The van der Waals surface area contributed by atoms with Gasteiger partial charge in [0.1, 0.15) is 4.75 Å². The van der Waals surface area contributed by atoms with Crippen molar-refractivity contribution in [1.29, 1.82) is 0 Å². The quantitative estimate of drug-likeness (QED) is 0.495. The summed E-state index contributed by atoms with van der Waals surface area (Å²) >= 11 is 0.503. The third kappa shape index (κ3) is 3.18. The van der Waals surface area contributed by atoms with Gasteiger partial charge in [-0.2, -0.15) is 0 Å². The van der Waals surface area contributed by atoms with Gasteiger partial charge in [-0.1, -0.05) is 11.8 Å². The molecule has 11 heavy (non-hydrogen) atoms. The van der Waals surface area contributed by atoms with E-state index < -0.39 is 15.8 Å². The Kier molecular flexibility index (Phi) is 3.25. The summed E-state index contributed by atoms with van der Waals surface area (Å²) in [6.45, 7) is 2.72. The van der Waals surface area contributed by atoms with E-state index in [1.807, 2.05) is 0 Å². The van der Waals surface area contributed by atoms with Crippen molar-refractivity contribution in [3.8, 4) is 0 Å². The average molecular weight is 176 g/mol. The van der Waals surface area contributed by atoms with Crippen LogP contribution in [0.5, 0.6) is 0 Å². The van der Waals surface area contributed by atoms with Gasteiger partial charge in [-0.05, 0) is 13.8 Å². The molecule has 0 atom stereocenters. The molecule has 0 spiro atoms. The predicted octanol–water partition coefficient (Wildman–Crippen LogP) is 0.308. The topological polar surface area (TPSA) is 71.4 Å². The highest BCUT2D eigenvalue weighted by atomic mass is 32.2. The molecular formula is C6H8O4S. The fourth-order valence-corrected chi connectivity index (χ4v) is 0.958. The molecule has 0 aromatic rings. The fraction of sp³-hybridized carbons (Fsp3) is 0.500. The fourth-order valence-electron chi connectivity index (χ4n) is 0.319. The molecule has 0 unspecified atom stereocenters. The third-order valence-electron chi connectivity index (χ3n) is 0.967. The lowest BCUT2D eigenvalue weighted by Crippen LogP contribution is -2.29. The Morgan fingerprint density at radius 3 is 2.18 bits per heavy atom. The monoisotopic (exact) mass is 176 g/mol. The molecule has 0 rings (SSSR count). The lowest BCUT2D eigenvalue weighted by Gasteiger charge is -2.14. The Bertz CT molecular complexity index is 197. The summed E-state index contributed by atoms with van der Waals surface area (Å²) in [4.78, 5) is 30.7. The van der Waals surface area contributed by atoms with Crippen molar-refractivity contribution in [3.63, 3.8) is 0 Å².